The number of amides is 2. The number of ether oxygens (including phenoxy) is 1. The van der Waals surface area contributed by atoms with Gasteiger partial charge in [-0.2, -0.15) is 0 Å². The number of methoxy groups -OCH3 is 1. The molecular weight excluding hydrogens is 408 g/mol. The quantitative estimate of drug-likeness (QED) is 0.686. The largest absolute Gasteiger partial charge is 0.497 e. The van der Waals surface area contributed by atoms with Gasteiger partial charge in [-0.25, -0.2) is 0 Å². The molecule has 3 heterocycles. The summed E-state index contributed by atoms with van der Waals surface area (Å²) in [7, 11) is 1.63. The Balaban J connectivity index is 1.27. The molecule has 1 aromatic heterocycles. The maximum Gasteiger partial charge on any atom is 0.292 e. The number of likely N-dealkylation sites (N-methyl/N-ethyl adjacent to an activating group) is 1. The van der Waals surface area contributed by atoms with Crippen molar-refractivity contribution in [1.82, 2.24) is 19.9 Å². The molecule has 0 spiro atoms. The molecule has 0 atom stereocenters. The standard InChI is InChI=1S/C24H32N4O4/c1-3-26-12-14-28(15-13-26)24(30)22-17-21(25-32-22)19-8-10-27(11-9-19)23(29)16-18-4-6-20(31-2)7-5-18/h4-7,17,19H,3,8-16H2,1-2H3. The summed E-state index contributed by atoms with van der Waals surface area (Å²) in [5.74, 6) is 1.38. The highest BCUT2D eigenvalue weighted by atomic mass is 16.5. The van der Waals surface area contributed by atoms with E-state index in [9.17, 15) is 9.59 Å². The average Bonchev–Trinajstić information content (AvgIpc) is 3.34. The van der Waals surface area contributed by atoms with E-state index in [-0.39, 0.29) is 17.7 Å². The minimum absolute atomic E-state index is 0.0772. The normalized spacial score (nSPS) is 18.1. The second-order valence-corrected chi connectivity index (χ2v) is 8.52. The topological polar surface area (TPSA) is 79.1 Å². The third-order valence-corrected chi connectivity index (χ3v) is 6.63. The van der Waals surface area contributed by atoms with Crippen LogP contribution in [0.5, 0.6) is 5.75 Å². The summed E-state index contributed by atoms with van der Waals surface area (Å²) >= 11 is 0. The van der Waals surface area contributed by atoms with Gasteiger partial charge in [0.05, 0.1) is 19.2 Å². The zero-order chi connectivity index (χ0) is 22.5. The Bertz CT molecular complexity index is 910. The van der Waals surface area contributed by atoms with E-state index in [2.05, 4.69) is 17.0 Å². The Morgan fingerprint density at radius 2 is 1.72 bits per heavy atom. The van der Waals surface area contributed by atoms with Crippen LogP contribution in [0.25, 0.3) is 0 Å². The van der Waals surface area contributed by atoms with Gasteiger partial charge >= 0.3 is 0 Å². The van der Waals surface area contributed by atoms with Crippen LogP contribution in [0, 0.1) is 0 Å². The predicted molar refractivity (Wildman–Crippen MR) is 120 cm³/mol. The number of piperazine rings is 1. The highest BCUT2D eigenvalue weighted by molar-refractivity contribution is 5.91. The molecule has 172 valence electrons. The lowest BCUT2D eigenvalue weighted by Crippen LogP contribution is -2.48. The fraction of sp³-hybridized carbons (Fsp3) is 0.542. The van der Waals surface area contributed by atoms with Crippen LogP contribution >= 0.6 is 0 Å². The molecule has 0 N–H and O–H groups in total. The molecule has 0 aliphatic carbocycles. The van der Waals surface area contributed by atoms with Crippen LogP contribution in [0.4, 0.5) is 0 Å². The molecule has 2 aliphatic rings. The van der Waals surface area contributed by atoms with Crippen molar-refractivity contribution < 1.29 is 18.8 Å². The van der Waals surface area contributed by atoms with Gasteiger partial charge in [0.1, 0.15) is 5.75 Å². The zero-order valence-corrected chi connectivity index (χ0v) is 19.0. The Kier molecular flexibility index (Phi) is 7.09. The van der Waals surface area contributed by atoms with Gasteiger partial charge in [0, 0.05) is 51.3 Å². The second-order valence-electron chi connectivity index (χ2n) is 8.52. The van der Waals surface area contributed by atoms with Crippen LogP contribution < -0.4 is 4.74 Å². The van der Waals surface area contributed by atoms with Gasteiger partial charge in [-0.05, 0) is 37.1 Å². The third kappa shape index (κ3) is 5.12. The molecule has 0 bridgehead atoms. The third-order valence-electron chi connectivity index (χ3n) is 6.63. The van der Waals surface area contributed by atoms with E-state index in [1.165, 1.54) is 0 Å². The minimum Gasteiger partial charge on any atom is -0.497 e. The predicted octanol–water partition coefficient (Wildman–Crippen LogP) is 2.41. The monoisotopic (exact) mass is 440 g/mol. The first-order valence-corrected chi connectivity index (χ1v) is 11.5. The van der Waals surface area contributed by atoms with Crippen molar-refractivity contribution in [2.75, 3.05) is 52.9 Å². The number of carbonyl (C=O) groups excluding carboxylic acids is 2. The van der Waals surface area contributed by atoms with Crippen LogP contribution in [0.15, 0.2) is 34.9 Å². The van der Waals surface area contributed by atoms with Crippen molar-refractivity contribution in [3.05, 3.63) is 47.3 Å². The maximum absolute atomic E-state index is 12.8. The summed E-state index contributed by atoms with van der Waals surface area (Å²) in [6.07, 6.45) is 2.04. The van der Waals surface area contributed by atoms with Crippen molar-refractivity contribution in [1.29, 1.82) is 0 Å². The summed E-state index contributed by atoms with van der Waals surface area (Å²) in [5.41, 5.74) is 1.81. The van der Waals surface area contributed by atoms with Gasteiger partial charge in [0.2, 0.25) is 11.7 Å². The summed E-state index contributed by atoms with van der Waals surface area (Å²) in [4.78, 5) is 31.5. The number of rotatable bonds is 6. The average molecular weight is 441 g/mol. The first-order chi connectivity index (χ1) is 15.6. The van der Waals surface area contributed by atoms with Crippen molar-refractivity contribution in [3.8, 4) is 5.75 Å². The number of nitrogens with zero attached hydrogens (tertiary/aromatic N) is 4. The second kappa shape index (κ2) is 10.2. The number of carbonyl (C=O) groups is 2. The number of likely N-dealkylation sites (tertiary alicyclic amines) is 1. The molecule has 8 nitrogen and oxygen atoms in total. The molecule has 2 aliphatic heterocycles. The fourth-order valence-corrected chi connectivity index (χ4v) is 4.46. The van der Waals surface area contributed by atoms with E-state index in [1.54, 1.807) is 13.2 Å². The van der Waals surface area contributed by atoms with Gasteiger partial charge in [-0.3, -0.25) is 9.59 Å². The Hall–Kier alpha value is -2.87. The molecule has 2 saturated heterocycles. The molecule has 0 unspecified atom stereocenters. The van der Waals surface area contributed by atoms with Crippen LogP contribution in [0.2, 0.25) is 0 Å². The first-order valence-electron chi connectivity index (χ1n) is 11.5. The van der Waals surface area contributed by atoms with Crippen LogP contribution in [0.1, 0.15) is 47.5 Å². The number of hydrogen-bond donors (Lipinski definition) is 0. The summed E-state index contributed by atoms with van der Waals surface area (Å²) in [6, 6.07) is 9.41. The van der Waals surface area contributed by atoms with E-state index in [1.807, 2.05) is 34.1 Å². The van der Waals surface area contributed by atoms with Gasteiger partial charge in [-0.15, -0.1) is 0 Å². The summed E-state index contributed by atoms with van der Waals surface area (Å²) < 4.78 is 10.6. The Morgan fingerprint density at radius 3 is 2.34 bits per heavy atom. The minimum atomic E-state index is -0.0772. The van der Waals surface area contributed by atoms with Crippen LogP contribution in [-0.2, 0) is 11.2 Å². The van der Waals surface area contributed by atoms with E-state index in [0.29, 0.717) is 25.3 Å². The first kappa shape index (κ1) is 22.3. The fourth-order valence-electron chi connectivity index (χ4n) is 4.46. The van der Waals surface area contributed by atoms with Crippen molar-refractivity contribution in [2.24, 2.45) is 0 Å². The molecule has 4 rings (SSSR count). The maximum atomic E-state index is 12.8. The van der Waals surface area contributed by atoms with Gasteiger partial charge < -0.3 is 24.0 Å². The highest BCUT2D eigenvalue weighted by Crippen LogP contribution is 2.28. The lowest BCUT2D eigenvalue weighted by Gasteiger charge is -2.33. The molecule has 0 saturated carbocycles. The van der Waals surface area contributed by atoms with E-state index in [0.717, 1.165) is 62.6 Å². The number of aromatic nitrogens is 1. The zero-order valence-electron chi connectivity index (χ0n) is 19.0. The number of hydrogen-bond acceptors (Lipinski definition) is 6. The van der Waals surface area contributed by atoms with E-state index in [4.69, 9.17) is 9.26 Å². The van der Waals surface area contributed by atoms with E-state index < -0.39 is 0 Å². The Morgan fingerprint density at radius 1 is 1.03 bits per heavy atom. The number of benzene rings is 1. The molecular formula is C24H32N4O4. The van der Waals surface area contributed by atoms with Crippen molar-refractivity contribution in [2.45, 2.75) is 32.1 Å². The molecule has 2 aromatic rings. The summed E-state index contributed by atoms with van der Waals surface area (Å²) in [5, 5.41) is 4.19. The van der Waals surface area contributed by atoms with Crippen molar-refractivity contribution >= 4 is 11.8 Å². The molecule has 8 heteroatoms. The lowest BCUT2D eigenvalue weighted by molar-refractivity contribution is -0.131. The van der Waals surface area contributed by atoms with Gasteiger partial charge in [0.15, 0.2) is 0 Å². The van der Waals surface area contributed by atoms with Crippen LogP contribution in [0.3, 0.4) is 0 Å². The van der Waals surface area contributed by atoms with Crippen LogP contribution in [-0.4, -0.2) is 84.6 Å². The smallest absolute Gasteiger partial charge is 0.292 e. The molecule has 2 fully saturated rings. The molecule has 32 heavy (non-hydrogen) atoms. The SMILES string of the molecule is CCN1CCN(C(=O)c2cc(C3CCN(C(=O)Cc4ccc(OC)cc4)CC3)no2)CC1. The summed E-state index contributed by atoms with van der Waals surface area (Å²) in [6.45, 7) is 7.75. The Labute approximate surface area is 189 Å². The van der Waals surface area contributed by atoms with Gasteiger partial charge in [0.25, 0.3) is 5.91 Å². The van der Waals surface area contributed by atoms with Gasteiger partial charge in [-0.1, -0.05) is 24.2 Å². The molecule has 1 aromatic carbocycles. The molecule has 0 radical (unpaired) electrons. The van der Waals surface area contributed by atoms with Crippen molar-refractivity contribution in [3.63, 3.8) is 0 Å². The highest BCUT2D eigenvalue weighted by Gasteiger charge is 2.29. The van der Waals surface area contributed by atoms with E-state index >= 15 is 0 Å². The lowest BCUT2D eigenvalue weighted by atomic mass is 9.93. The molecule has 2 amide bonds. The number of piperidine rings is 1.